The summed E-state index contributed by atoms with van der Waals surface area (Å²) in [6.45, 7) is 6.85. The fourth-order valence-electron chi connectivity index (χ4n) is 5.59. The lowest BCUT2D eigenvalue weighted by atomic mass is 9.78. The molecule has 2 aliphatic heterocycles. The maximum absolute atomic E-state index is 14.3. The van der Waals surface area contributed by atoms with Gasteiger partial charge in [-0.05, 0) is 29.7 Å². The van der Waals surface area contributed by atoms with Gasteiger partial charge in [0.15, 0.2) is 0 Å². The highest BCUT2D eigenvalue weighted by molar-refractivity contribution is 6.01. The van der Waals surface area contributed by atoms with Crippen LogP contribution in [0.15, 0.2) is 78.9 Å². The van der Waals surface area contributed by atoms with Crippen LogP contribution < -0.4 is 0 Å². The summed E-state index contributed by atoms with van der Waals surface area (Å²) < 4.78 is 5.35. The third kappa shape index (κ3) is 5.31. The summed E-state index contributed by atoms with van der Waals surface area (Å²) in [6.07, 6.45) is 0. The molecule has 6 heteroatoms. The van der Waals surface area contributed by atoms with Crippen LogP contribution >= 0.6 is 0 Å². The van der Waals surface area contributed by atoms with E-state index in [0.29, 0.717) is 31.8 Å². The molecule has 1 saturated heterocycles. The van der Waals surface area contributed by atoms with Crippen LogP contribution in [0.2, 0.25) is 0 Å². The lowest BCUT2D eigenvalue weighted by Gasteiger charge is -2.44. The lowest BCUT2D eigenvalue weighted by molar-refractivity contribution is -0.136. The fraction of sp³-hybridized carbons (Fsp3) is 0.355. The van der Waals surface area contributed by atoms with Crippen LogP contribution in [-0.2, 0) is 16.1 Å². The highest BCUT2D eigenvalue weighted by atomic mass is 16.5. The third-order valence-electron chi connectivity index (χ3n) is 7.59. The molecule has 2 heterocycles. The van der Waals surface area contributed by atoms with E-state index in [4.69, 9.17) is 4.74 Å². The second-order valence-corrected chi connectivity index (χ2v) is 10.00. The molecule has 3 aromatic rings. The summed E-state index contributed by atoms with van der Waals surface area (Å²) in [5.74, 6) is -0.420. The molecule has 0 aromatic heterocycles. The minimum atomic E-state index is -0.461. The number of piperazine rings is 1. The van der Waals surface area contributed by atoms with Crippen molar-refractivity contribution in [3.63, 3.8) is 0 Å². The summed E-state index contributed by atoms with van der Waals surface area (Å²) >= 11 is 0. The van der Waals surface area contributed by atoms with E-state index >= 15 is 0 Å². The maximum atomic E-state index is 14.3. The van der Waals surface area contributed by atoms with E-state index in [9.17, 15) is 9.59 Å². The van der Waals surface area contributed by atoms with Gasteiger partial charge in [0.05, 0.1) is 18.6 Å². The first-order valence-corrected chi connectivity index (χ1v) is 13.1. The Morgan fingerprint density at radius 3 is 2.27 bits per heavy atom. The maximum Gasteiger partial charge on any atom is 0.254 e. The van der Waals surface area contributed by atoms with Gasteiger partial charge in [0, 0.05) is 51.9 Å². The molecular weight excluding hydrogens is 462 g/mol. The van der Waals surface area contributed by atoms with Gasteiger partial charge in [-0.25, -0.2) is 0 Å². The summed E-state index contributed by atoms with van der Waals surface area (Å²) in [5.41, 5.74) is 4.96. The topological polar surface area (TPSA) is 53.1 Å². The Morgan fingerprint density at radius 2 is 1.57 bits per heavy atom. The van der Waals surface area contributed by atoms with Crippen molar-refractivity contribution in [3.8, 4) is 0 Å². The second kappa shape index (κ2) is 11.3. The molecule has 3 aromatic carbocycles. The standard InChI is InChI=1S/C31H35N3O3/c1-23-12-14-24(15-13-23)22-32-16-18-33(19-17-32)31(36)28-26-10-6-7-11-27(26)30(35)34(20-21-37-2)29(28)25-8-4-3-5-9-25/h3-15,28-29H,16-22H2,1-2H3/t28-,29-/m0/s1. The number of hydrogen-bond donors (Lipinski definition) is 0. The average molecular weight is 498 g/mol. The Bertz CT molecular complexity index is 1220. The molecular formula is C31H35N3O3. The molecule has 0 bridgehead atoms. The number of ether oxygens (including phenoxy) is 1. The van der Waals surface area contributed by atoms with Crippen LogP contribution in [0.1, 0.15) is 44.6 Å². The zero-order valence-corrected chi connectivity index (χ0v) is 21.7. The van der Waals surface area contributed by atoms with Crippen molar-refractivity contribution in [1.29, 1.82) is 0 Å². The zero-order chi connectivity index (χ0) is 25.8. The van der Waals surface area contributed by atoms with E-state index in [-0.39, 0.29) is 17.9 Å². The largest absolute Gasteiger partial charge is 0.383 e. The molecule has 37 heavy (non-hydrogen) atoms. The Balaban J connectivity index is 1.41. The summed E-state index contributed by atoms with van der Waals surface area (Å²) in [5, 5.41) is 0. The minimum absolute atomic E-state index is 0.0477. The SMILES string of the molecule is COCCN1C(=O)c2ccccc2[C@H](C(=O)N2CCN(Cc3ccc(C)cc3)CC2)[C@@H]1c1ccccc1. The van der Waals surface area contributed by atoms with E-state index in [2.05, 4.69) is 36.1 Å². The van der Waals surface area contributed by atoms with Crippen molar-refractivity contribution in [2.75, 3.05) is 46.4 Å². The quantitative estimate of drug-likeness (QED) is 0.489. The van der Waals surface area contributed by atoms with Crippen LogP contribution in [-0.4, -0.2) is 73.0 Å². The van der Waals surface area contributed by atoms with Crippen molar-refractivity contribution in [2.24, 2.45) is 0 Å². The van der Waals surface area contributed by atoms with Gasteiger partial charge in [0.1, 0.15) is 0 Å². The smallest absolute Gasteiger partial charge is 0.254 e. The Labute approximate surface area is 219 Å². The average Bonchev–Trinajstić information content (AvgIpc) is 2.94. The normalized spacial score (nSPS) is 20.1. The molecule has 0 aliphatic carbocycles. The van der Waals surface area contributed by atoms with Gasteiger partial charge in [-0.15, -0.1) is 0 Å². The number of benzene rings is 3. The van der Waals surface area contributed by atoms with Gasteiger partial charge in [0.2, 0.25) is 5.91 Å². The van der Waals surface area contributed by atoms with Crippen LogP contribution in [0.25, 0.3) is 0 Å². The van der Waals surface area contributed by atoms with Crippen LogP contribution in [0.5, 0.6) is 0 Å². The fourth-order valence-corrected chi connectivity index (χ4v) is 5.59. The summed E-state index contributed by atoms with van der Waals surface area (Å²) in [7, 11) is 1.64. The highest BCUT2D eigenvalue weighted by Crippen LogP contribution is 2.43. The van der Waals surface area contributed by atoms with Crippen LogP contribution in [0, 0.1) is 6.92 Å². The van der Waals surface area contributed by atoms with E-state index in [0.717, 1.165) is 30.8 Å². The van der Waals surface area contributed by atoms with Gasteiger partial charge < -0.3 is 14.5 Å². The van der Waals surface area contributed by atoms with Gasteiger partial charge in [-0.1, -0.05) is 78.4 Å². The second-order valence-electron chi connectivity index (χ2n) is 10.00. The molecule has 0 radical (unpaired) electrons. The van der Waals surface area contributed by atoms with Crippen molar-refractivity contribution < 1.29 is 14.3 Å². The molecule has 6 nitrogen and oxygen atoms in total. The molecule has 5 rings (SSSR count). The van der Waals surface area contributed by atoms with Gasteiger partial charge in [-0.2, -0.15) is 0 Å². The molecule has 2 amide bonds. The number of fused-ring (bicyclic) bond motifs is 1. The molecule has 2 aliphatic rings. The minimum Gasteiger partial charge on any atom is -0.383 e. The third-order valence-corrected chi connectivity index (χ3v) is 7.59. The lowest BCUT2D eigenvalue weighted by Crippen LogP contribution is -2.53. The number of methoxy groups -OCH3 is 1. The molecule has 1 fully saturated rings. The van der Waals surface area contributed by atoms with Crippen molar-refractivity contribution >= 4 is 11.8 Å². The number of carbonyl (C=O) groups is 2. The summed E-state index contributed by atoms with van der Waals surface area (Å²) in [4.78, 5) is 34.1. The van der Waals surface area contributed by atoms with E-state index in [1.807, 2.05) is 64.4 Å². The Morgan fingerprint density at radius 1 is 0.892 bits per heavy atom. The van der Waals surface area contributed by atoms with E-state index in [1.165, 1.54) is 11.1 Å². The number of aryl methyl sites for hydroxylation is 1. The molecule has 2 atom stereocenters. The number of carbonyl (C=O) groups excluding carboxylic acids is 2. The molecule has 0 unspecified atom stereocenters. The molecule has 0 spiro atoms. The molecule has 192 valence electrons. The Hall–Kier alpha value is -3.48. The van der Waals surface area contributed by atoms with Crippen LogP contribution in [0.4, 0.5) is 0 Å². The number of hydrogen-bond acceptors (Lipinski definition) is 4. The first kappa shape index (κ1) is 25.2. The van der Waals surface area contributed by atoms with Crippen molar-refractivity contribution in [3.05, 3.63) is 107 Å². The first-order chi connectivity index (χ1) is 18.1. The van der Waals surface area contributed by atoms with E-state index < -0.39 is 5.92 Å². The first-order valence-electron chi connectivity index (χ1n) is 13.1. The predicted molar refractivity (Wildman–Crippen MR) is 144 cm³/mol. The zero-order valence-electron chi connectivity index (χ0n) is 21.7. The summed E-state index contributed by atoms with van der Waals surface area (Å²) in [6, 6.07) is 25.8. The van der Waals surface area contributed by atoms with Gasteiger partial charge in [-0.3, -0.25) is 14.5 Å². The van der Waals surface area contributed by atoms with Crippen molar-refractivity contribution in [1.82, 2.24) is 14.7 Å². The van der Waals surface area contributed by atoms with Crippen molar-refractivity contribution in [2.45, 2.75) is 25.4 Å². The highest BCUT2D eigenvalue weighted by Gasteiger charge is 2.45. The van der Waals surface area contributed by atoms with Gasteiger partial charge >= 0.3 is 0 Å². The van der Waals surface area contributed by atoms with Crippen LogP contribution in [0.3, 0.4) is 0 Å². The number of rotatable bonds is 7. The number of amides is 2. The van der Waals surface area contributed by atoms with E-state index in [1.54, 1.807) is 7.11 Å². The predicted octanol–water partition coefficient (Wildman–Crippen LogP) is 4.27. The van der Waals surface area contributed by atoms with Gasteiger partial charge in [0.25, 0.3) is 5.91 Å². The monoisotopic (exact) mass is 497 g/mol. The number of nitrogens with zero attached hydrogens (tertiary/aromatic N) is 3. The molecule has 0 N–H and O–H groups in total. The molecule has 0 saturated carbocycles. The Kier molecular flexibility index (Phi) is 7.68.